The van der Waals surface area contributed by atoms with Gasteiger partial charge in [0.15, 0.2) is 5.84 Å². The van der Waals surface area contributed by atoms with Crippen LogP contribution in [0, 0.1) is 12.8 Å². The molecule has 0 saturated heterocycles. The van der Waals surface area contributed by atoms with Crippen LogP contribution in [0.5, 0.6) is 0 Å². The van der Waals surface area contributed by atoms with Gasteiger partial charge in [-0.15, -0.1) is 0 Å². The van der Waals surface area contributed by atoms with E-state index in [1.165, 1.54) is 0 Å². The van der Waals surface area contributed by atoms with E-state index in [1.54, 1.807) is 6.20 Å². The topological polar surface area (TPSA) is 74.7 Å². The van der Waals surface area contributed by atoms with Gasteiger partial charge in [-0.2, -0.15) is 0 Å². The van der Waals surface area contributed by atoms with E-state index in [0.717, 1.165) is 17.8 Å². The lowest BCUT2D eigenvalue weighted by molar-refractivity contribution is 0.318. The Morgan fingerprint density at radius 3 is 2.63 bits per heavy atom. The molecule has 0 aliphatic carbocycles. The molecule has 5 heteroatoms. The number of hydrogen-bond donors (Lipinski definition) is 2. The quantitative estimate of drug-likeness (QED) is 0.370. The molecule has 0 bridgehead atoms. The molecule has 0 aliphatic heterocycles. The zero-order chi connectivity index (χ0) is 14.6. The molecule has 5 nitrogen and oxygen atoms in total. The van der Waals surface area contributed by atoms with Crippen LogP contribution < -0.4 is 10.6 Å². The molecule has 1 heterocycles. The van der Waals surface area contributed by atoms with Crippen molar-refractivity contribution in [3.8, 4) is 0 Å². The Morgan fingerprint density at radius 2 is 2.11 bits per heavy atom. The average Bonchev–Trinajstić information content (AvgIpc) is 2.35. The maximum absolute atomic E-state index is 8.92. The number of rotatable bonds is 5. The second-order valence-electron chi connectivity index (χ2n) is 5.40. The standard InChI is InChI=1S/C14H24N4O/c1-9(2)8-11(4)18(5)14-12(13(15)17-19)10(3)6-7-16-14/h6-7,9,11,19H,8H2,1-5H3,(H2,15,17). The minimum absolute atomic E-state index is 0.101. The number of pyridine rings is 1. The van der Waals surface area contributed by atoms with Crippen LogP contribution in [0.3, 0.4) is 0 Å². The van der Waals surface area contributed by atoms with E-state index in [1.807, 2.05) is 20.0 Å². The summed E-state index contributed by atoms with van der Waals surface area (Å²) in [6, 6.07) is 2.19. The van der Waals surface area contributed by atoms with Crippen molar-refractivity contribution in [3.05, 3.63) is 23.4 Å². The molecule has 0 saturated carbocycles. The van der Waals surface area contributed by atoms with Gasteiger partial charge in [0.25, 0.3) is 0 Å². The summed E-state index contributed by atoms with van der Waals surface area (Å²) < 4.78 is 0. The first-order valence-electron chi connectivity index (χ1n) is 6.54. The van der Waals surface area contributed by atoms with Crippen LogP contribution in [-0.4, -0.2) is 29.1 Å². The number of oxime groups is 1. The van der Waals surface area contributed by atoms with Gasteiger partial charge in [-0.25, -0.2) is 4.98 Å². The van der Waals surface area contributed by atoms with Gasteiger partial charge in [0, 0.05) is 19.3 Å². The highest BCUT2D eigenvalue weighted by Crippen LogP contribution is 2.23. The van der Waals surface area contributed by atoms with Gasteiger partial charge in [-0.05, 0) is 37.8 Å². The zero-order valence-electron chi connectivity index (χ0n) is 12.4. The average molecular weight is 264 g/mol. The molecule has 1 atom stereocenters. The SMILES string of the molecule is Cc1ccnc(N(C)C(C)CC(C)C)c1/C(N)=N/O. The smallest absolute Gasteiger partial charge is 0.174 e. The van der Waals surface area contributed by atoms with Crippen LogP contribution in [-0.2, 0) is 0 Å². The molecule has 0 radical (unpaired) electrons. The predicted octanol–water partition coefficient (Wildman–Crippen LogP) is 2.36. The van der Waals surface area contributed by atoms with Gasteiger partial charge in [-0.1, -0.05) is 19.0 Å². The number of aromatic nitrogens is 1. The minimum Gasteiger partial charge on any atom is -0.409 e. The number of nitrogens with two attached hydrogens (primary N) is 1. The Hall–Kier alpha value is -1.78. The molecule has 19 heavy (non-hydrogen) atoms. The molecule has 1 rings (SSSR count). The monoisotopic (exact) mass is 264 g/mol. The first-order chi connectivity index (χ1) is 8.88. The molecule has 0 amide bonds. The highest BCUT2D eigenvalue weighted by molar-refractivity contribution is 6.02. The van der Waals surface area contributed by atoms with Crippen molar-refractivity contribution in [1.82, 2.24) is 4.98 Å². The highest BCUT2D eigenvalue weighted by Gasteiger charge is 2.19. The van der Waals surface area contributed by atoms with E-state index in [9.17, 15) is 0 Å². The fourth-order valence-electron chi connectivity index (χ4n) is 2.23. The summed E-state index contributed by atoms with van der Waals surface area (Å²) in [6.45, 7) is 8.47. The molecule has 1 unspecified atom stereocenters. The van der Waals surface area contributed by atoms with Gasteiger partial charge in [0.05, 0.1) is 5.56 Å². The lowest BCUT2D eigenvalue weighted by Crippen LogP contribution is -2.33. The van der Waals surface area contributed by atoms with Gasteiger partial charge in [0.2, 0.25) is 0 Å². The number of aryl methyl sites for hydroxylation is 1. The predicted molar refractivity (Wildman–Crippen MR) is 78.8 cm³/mol. The summed E-state index contributed by atoms with van der Waals surface area (Å²) in [7, 11) is 1.99. The Labute approximate surface area is 115 Å². The Kier molecular flexibility index (Phi) is 5.15. The molecule has 1 aromatic rings. The van der Waals surface area contributed by atoms with E-state index in [2.05, 4.69) is 35.8 Å². The first-order valence-corrected chi connectivity index (χ1v) is 6.54. The summed E-state index contributed by atoms with van der Waals surface area (Å²) in [4.78, 5) is 6.47. The van der Waals surface area contributed by atoms with Gasteiger partial charge in [-0.3, -0.25) is 0 Å². The van der Waals surface area contributed by atoms with Crippen LogP contribution in [0.1, 0.15) is 38.3 Å². The van der Waals surface area contributed by atoms with Crippen molar-refractivity contribution in [2.45, 2.75) is 40.2 Å². The number of amidine groups is 1. The van der Waals surface area contributed by atoms with Gasteiger partial charge < -0.3 is 15.8 Å². The fourth-order valence-corrected chi connectivity index (χ4v) is 2.23. The largest absolute Gasteiger partial charge is 0.409 e. The summed E-state index contributed by atoms with van der Waals surface area (Å²) >= 11 is 0. The molecular formula is C14H24N4O. The summed E-state index contributed by atoms with van der Waals surface area (Å²) in [5.74, 6) is 1.46. The Morgan fingerprint density at radius 1 is 1.47 bits per heavy atom. The maximum atomic E-state index is 8.92. The number of hydrogen-bond acceptors (Lipinski definition) is 4. The molecular weight excluding hydrogens is 240 g/mol. The second-order valence-corrected chi connectivity index (χ2v) is 5.40. The Bertz CT molecular complexity index is 457. The molecule has 3 N–H and O–H groups in total. The lowest BCUT2D eigenvalue weighted by Gasteiger charge is -2.29. The van der Waals surface area contributed by atoms with Crippen molar-refractivity contribution >= 4 is 11.7 Å². The molecule has 106 valence electrons. The van der Waals surface area contributed by atoms with Crippen molar-refractivity contribution in [2.24, 2.45) is 16.8 Å². The maximum Gasteiger partial charge on any atom is 0.174 e. The van der Waals surface area contributed by atoms with Crippen LogP contribution >= 0.6 is 0 Å². The van der Waals surface area contributed by atoms with Gasteiger partial charge in [0.1, 0.15) is 5.82 Å². The molecule has 0 aliphatic rings. The third-order valence-electron chi connectivity index (χ3n) is 3.31. The van der Waals surface area contributed by atoms with E-state index in [4.69, 9.17) is 10.9 Å². The highest BCUT2D eigenvalue weighted by atomic mass is 16.4. The summed E-state index contributed by atoms with van der Waals surface area (Å²) in [6.07, 6.45) is 2.80. The number of anilines is 1. The van der Waals surface area contributed by atoms with Crippen molar-refractivity contribution in [1.29, 1.82) is 0 Å². The van der Waals surface area contributed by atoms with Crippen molar-refractivity contribution in [2.75, 3.05) is 11.9 Å². The van der Waals surface area contributed by atoms with E-state index in [0.29, 0.717) is 17.5 Å². The van der Waals surface area contributed by atoms with Crippen molar-refractivity contribution in [3.63, 3.8) is 0 Å². The minimum atomic E-state index is 0.101. The van der Waals surface area contributed by atoms with E-state index >= 15 is 0 Å². The van der Waals surface area contributed by atoms with Crippen LogP contribution in [0.4, 0.5) is 5.82 Å². The summed E-state index contributed by atoms with van der Waals surface area (Å²) in [5, 5.41) is 12.0. The van der Waals surface area contributed by atoms with Crippen molar-refractivity contribution < 1.29 is 5.21 Å². The fraction of sp³-hybridized carbons (Fsp3) is 0.571. The molecule has 0 fully saturated rings. The first kappa shape index (κ1) is 15.3. The number of nitrogens with zero attached hydrogens (tertiary/aromatic N) is 3. The molecule has 0 spiro atoms. The zero-order valence-corrected chi connectivity index (χ0v) is 12.4. The third kappa shape index (κ3) is 3.59. The second kappa shape index (κ2) is 6.41. The van der Waals surface area contributed by atoms with Crippen LogP contribution in [0.25, 0.3) is 0 Å². The third-order valence-corrected chi connectivity index (χ3v) is 3.31. The lowest BCUT2D eigenvalue weighted by atomic mass is 10.0. The normalized spacial score (nSPS) is 13.7. The van der Waals surface area contributed by atoms with Crippen LogP contribution in [0.15, 0.2) is 17.4 Å². The molecule has 0 aromatic carbocycles. The van der Waals surface area contributed by atoms with E-state index in [-0.39, 0.29) is 5.84 Å². The summed E-state index contributed by atoms with van der Waals surface area (Å²) in [5.41, 5.74) is 7.41. The molecule has 1 aromatic heterocycles. The Balaban J connectivity index is 3.16. The van der Waals surface area contributed by atoms with Crippen LogP contribution in [0.2, 0.25) is 0 Å². The van der Waals surface area contributed by atoms with Gasteiger partial charge >= 0.3 is 0 Å². The van der Waals surface area contributed by atoms with E-state index < -0.39 is 0 Å².